The van der Waals surface area contributed by atoms with Crippen LogP contribution in [-0.4, -0.2) is 64.6 Å². The molecule has 10 heteroatoms. The van der Waals surface area contributed by atoms with E-state index in [9.17, 15) is 19.5 Å². The lowest BCUT2D eigenvalue weighted by atomic mass is 9.89. The molecule has 0 radical (unpaired) electrons. The molecular weight excluding hydrogens is 598 g/mol. The lowest BCUT2D eigenvalue weighted by molar-refractivity contribution is -0.276. The van der Waals surface area contributed by atoms with Crippen molar-refractivity contribution in [1.29, 1.82) is 0 Å². The number of nitrogens with one attached hydrogen (secondary N) is 1. The number of carbonyl (C=O) groups is 3. The number of piperidine rings is 1. The number of imide groups is 1. The fourth-order valence-electron chi connectivity index (χ4n) is 6.56. The van der Waals surface area contributed by atoms with Crippen LogP contribution in [0.15, 0.2) is 78.9 Å². The number of alkyl carbamates (subject to hydrolysis) is 1. The Balaban J connectivity index is 1.10. The van der Waals surface area contributed by atoms with Gasteiger partial charge >= 0.3 is 6.09 Å². The average Bonchev–Trinajstić information content (AvgIpc) is 3.36. The Hall–Kier alpha value is -4.09. The molecule has 3 heterocycles. The first-order valence-corrected chi connectivity index (χ1v) is 16.5. The Bertz CT molecular complexity index is 1510. The molecule has 3 aromatic carbocycles. The van der Waals surface area contributed by atoms with E-state index in [2.05, 4.69) is 17.1 Å². The summed E-state index contributed by atoms with van der Waals surface area (Å²) in [5.41, 5.74) is 4.34. The number of aliphatic hydroxyl groups is 1. The van der Waals surface area contributed by atoms with E-state index in [1.54, 1.807) is 0 Å². The molecule has 10 nitrogen and oxygen atoms in total. The van der Waals surface area contributed by atoms with Gasteiger partial charge in [0.1, 0.15) is 12.6 Å². The van der Waals surface area contributed by atoms with Crippen molar-refractivity contribution in [3.8, 4) is 0 Å². The first kappa shape index (κ1) is 32.8. The normalized spacial score (nSPS) is 25.1. The number of nitrogens with zero attached hydrogens (tertiary/aromatic N) is 2. The molecule has 3 aromatic rings. The predicted molar refractivity (Wildman–Crippen MR) is 173 cm³/mol. The Labute approximate surface area is 275 Å². The lowest BCUT2D eigenvalue weighted by Crippen LogP contribution is -2.45. The Morgan fingerprint density at radius 2 is 1.55 bits per heavy atom. The molecule has 0 aliphatic carbocycles. The molecule has 0 spiro atoms. The number of hydrogen-bond acceptors (Lipinski definition) is 8. The van der Waals surface area contributed by atoms with Crippen LogP contribution in [0.3, 0.4) is 0 Å². The van der Waals surface area contributed by atoms with Gasteiger partial charge in [-0.25, -0.2) is 4.79 Å². The first-order chi connectivity index (χ1) is 22.9. The van der Waals surface area contributed by atoms with Gasteiger partial charge < -0.3 is 29.5 Å². The van der Waals surface area contributed by atoms with Crippen molar-refractivity contribution in [1.82, 2.24) is 15.1 Å². The molecule has 47 heavy (non-hydrogen) atoms. The first-order valence-electron chi connectivity index (χ1n) is 16.5. The maximum absolute atomic E-state index is 13.1. The summed E-state index contributed by atoms with van der Waals surface area (Å²) in [7, 11) is 0. The van der Waals surface area contributed by atoms with Crippen molar-refractivity contribution in [2.45, 2.75) is 76.9 Å². The van der Waals surface area contributed by atoms with Gasteiger partial charge in [-0.2, -0.15) is 0 Å². The molecule has 3 aliphatic rings. The summed E-state index contributed by atoms with van der Waals surface area (Å²) < 4.78 is 18.4. The second-order valence-corrected chi connectivity index (χ2v) is 12.7. The second kappa shape index (κ2) is 15.2. The van der Waals surface area contributed by atoms with Gasteiger partial charge in [0, 0.05) is 18.0 Å². The quantitative estimate of drug-likeness (QED) is 0.297. The van der Waals surface area contributed by atoms with E-state index in [0.29, 0.717) is 0 Å². The molecule has 3 saturated heterocycles. The summed E-state index contributed by atoms with van der Waals surface area (Å²) in [5.74, 6) is -0.702. The molecule has 3 fully saturated rings. The highest BCUT2D eigenvalue weighted by Gasteiger charge is 2.41. The second-order valence-electron chi connectivity index (χ2n) is 12.7. The number of benzene rings is 3. The third-order valence-electron chi connectivity index (χ3n) is 9.35. The smallest absolute Gasteiger partial charge is 0.408 e. The Morgan fingerprint density at radius 1 is 0.872 bits per heavy atom. The van der Waals surface area contributed by atoms with Gasteiger partial charge in [0.25, 0.3) is 5.91 Å². The third-order valence-corrected chi connectivity index (χ3v) is 9.35. The number of amides is 3. The molecule has 3 amide bonds. The van der Waals surface area contributed by atoms with Crippen LogP contribution in [0.5, 0.6) is 0 Å². The number of hydrogen-bond donors (Lipinski definition) is 2. The number of carbonyl (C=O) groups excluding carboxylic acids is 3. The van der Waals surface area contributed by atoms with Crippen molar-refractivity contribution in [2.24, 2.45) is 5.92 Å². The van der Waals surface area contributed by atoms with E-state index in [1.165, 1.54) is 24.2 Å². The minimum Gasteiger partial charge on any atom is -0.445 e. The number of rotatable bonds is 10. The van der Waals surface area contributed by atoms with Gasteiger partial charge in [-0.1, -0.05) is 92.2 Å². The van der Waals surface area contributed by atoms with Gasteiger partial charge in [0.05, 0.1) is 31.8 Å². The van der Waals surface area contributed by atoms with Crippen molar-refractivity contribution < 1.29 is 33.7 Å². The lowest BCUT2D eigenvalue weighted by Gasteiger charge is -2.43. The van der Waals surface area contributed by atoms with Crippen LogP contribution in [0.2, 0.25) is 0 Å². The van der Waals surface area contributed by atoms with Crippen molar-refractivity contribution in [3.63, 3.8) is 0 Å². The zero-order valence-electron chi connectivity index (χ0n) is 26.8. The topological polar surface area (TPSA) is 118 Å². The number of likely N-dealkylation sites (tertiary alicyclic amines) is 2. The van der Waals surface area contributed by atoms with Crippen LogP contribution < -0.4 is 5.32 Å². The molecule has 1 unspecified atom stereocenters. The van der Waals surface area contributed by atoms with Gasteiger partial charge in [0.15, 0.2) is 6.29 Å². The summed E-state index contributed by atoms with van der Waals surface area (Å²) in [5, 5.41) is 12.1. The monoisotopic (exact) mass is 641 g/mol. The number of aliphatic hydroxyl groups excluding tert-OH is 1. The van der Waals surface area contributed by atoms with Gasteiger partial charge in [-0.15, -0.1) is 0 Å². The molecule has 0 bridgehead atoms. The van der Waals surface area contributed by atoms with E-state index < -0.39 is 24.3 Å². The Morgan fingerprint density at radius 3 is 2.26 bits per heavy atom. The fourth-order valence-corrected chi connectivity index (χ4v) is 6.56. The molecule has 0 saturated carbocycles. The summed E-state index contributed by atoms with van der Waals surface area (Å²) in [6.07, 6.45) is 1.98. The molecule has 3 aliphatic heterocycles. The zero-order valence-corrected chi connectivity index (χ0v) is 26.8. The molecule has 6 rings (SSSR count). The molecular formula is C37H43N3O7. The average molecular weight is 642 g/mol. The molecule has 5 atom stereocenters. The summed E-state index contributed by atoms with van der Waals surface area (Å²) >= 11 is 0. The highest BCUT2D eigenvalue weighted by Crippen LogP contribution is 2.42. The maximum atomic E-state index is 13.1. The highest BCUT2D eigenvalue weighted by atomic mass is 16.7. The van der Waals surface area contributed by atoms with Gasteiger partial charge in [-0.3, -0.25) is 14.5 Å². The van der Waals surface area contributed by atoms with E-state index in [0.717, 1.165) is 47.5 Å². The predicted octanol–water partition coefficient (Wildman–Crippen LogP) is 5.01. The van der Waals surface area contributed by atoms with Crippen LogP contribution >= 0.6 is 0 Å². The van der Waals surface area contributed by atoms with Crippen LogP contribution in [0.1, 0.15) is 72.8 Å². The van der Waals surface area contributed by atoms with Crippen LogP contribution in [-0.2, 0) is 43.6 Å². The minimum atomic E-state index is -0.962. The van der Waals surface area contributed by atoms with Crippen LogP contribution in [0, 0.1) is 5.92 Å². The minimum absolute atomic E-state index is 0.00981. The van der Waals surface area contributed by atoms with Crippen LogP contribution in [0.25, 0.3) is 0 Å². The SMILES string of the molecule is C[C@@H]1[C@H](CN2CCCCC2)O[C@H](c2ccc(CN3C(=O)CC(NC(=O)OCc4ccccc4)C3=O)cc2)O[C@@H]1c1ccc(CO)cc1. The van der Waals surface area contributed by atoms with E-state index in [-0.39, 0.29) is 50.2 Å². The van der Waals surface area contributed by atoms with Crippen molar-refractivity contribution in [3.05, 3.63) is 107 Å². The number of ether oxygens (including phenoxy) is 3. The van der Waals surface area contributed by atoms with Crippen molar-refractivity contribution >= 4 is 17.9 Å². The molecule has 0 aromatic heterocycles. The molecule has 2 N–H and O–H groups in total. The largest absolute Gasteiger partial charge is 0.445 e. The fraction of sp³-hybridized carbons (Fsp3) is 0.432. The standard InChI is InChI=1S/C37H43N3O7/c1-25-32(22-39-18-6-3-7-19-39)46-36(47-34(25)29-14-12-27(23-41)13-15-29)30-16-10-26(11-17-30)21-40-33(42)20-31(35(40)43)38-37(44)45-24-28-8-4-2-5-9-28/h2,4-5,8-17,25,31-32,34,36,41H,3,6-7,18-24H2,1H3,(H,38,44)/t25-,31?,32+,34+,36+/m1/s1. The summed E-state index contributed by atoms with van der Waals surface area (Å²) in [6.45, 7) is 5.30. The molecule has 248 valence electrons. The van der Waals surface area contributed by atoms with Gasteiger partial charge in [0.2, 0.25) is 5.91 Å². The summed E-state index contributed by atoms with van der Waals surface area (Å²) in [6, 6.07) is 23.8. The van der Waals surface area contributed by atoms with E-state index in [1.807, 2.05) is 78.9 Å². The van der Waals surface area contributed by atoms with Crippen molar-refractivity contribution in [2.75, 3.05) is 19.6 Å². The summed E-state index contributed by atoms with van der Waals surface area (Å²) in [4.78, 5) is 41.8. The Kier molecular flexibility index (Phi) is 10.6. The highest BCUT2D eigenvalue weighted by molar-refractivity contribution is 6.06. The third kappa shape index (κ3) is 8.08. The van der Waals surface area contributed by atoms with Crippen LogP contribution in [0.4, 0.5) is 4.79 Å². The van der Waals surface area contributed by atoms with E-state index >= 15 is 0 Å². The van der Waals surface area contributed by atoms with Gasteiger partial charge in [-0.05, 0) is 48.2 Å². The van der Waals surface area contributed by atoms with E-state index in [4.69, 9.17) is 14.2 Å². The maximum Gasteiger partial charge on any atom is 0.408 e. The zero-order chi connectivity index (χ0) is 32.8.